The summed E-state index contributed by atoms with van der Waals surface area (Å²) in [5.74, 6) is -0.165. The van der Waals surface area contributed by atoms with E-state index in [9.17, 15) is 9.59 Å². The van der Waals surface area contributed by atoms with Gasteiger partial charge in [-0.25, -0.2) is 4.79 Å². The lowest BCUT2D eigenvalue weighted by Gasteiger charge is -2.06. The first-order valence-electron chi connectivity index (χ1n) is 4.64. The van der Waals surface area contributed by atoms with Gasteiger partial charge in [-0.3, -0.25) is 4.79 Å². The van der Waals surface area contributed by atoms with Gasteiger partial charge in [0.05, 0.1) is 19.8 Å². The lowest BCUT2D eigenvalue weighted by atomic mass is 10.1. The summed E-state index contributed by atoms with van der Waals surface area (Å²) in [5.41, 5.74) is 0.371. The number of fused-ring (bicyclic) bond motifs is 1. The molecule has 5 heteroatoms. The molecule has 0 spiro atoms. The van der Waals surface area contributed by atoms with E-state index in [1.807, 2.05) is 0 Å². The molecule has 0 aromatic heterocycles. The topological polar surface area (TPSA) is 61.8 Å². The van der Waals surface area contributed by atoms with Crippen molar-refractivity contribution in [3.63, 3.8) is 0 Å². The van der Waals surface area contributed by atoms with E-state index in [0.29, 0.717) is 17.1 Å². The molecule has 2 rings (SSSR count). The number of Topliss-reactive ketones (excluding diaryl/α,β-unsaturated/α-hetero) is 1. The minimum absolute atomic E-state index is 0.347. The van der Waals surface area contributed by atoms with Crippen LogP contribution in [-0.4, -0.2) is 32.1 Å². The Bertz CT molecular complexity index is 452. The van der Waals surface area contributed by atoms with Crippen molar-refractivity contribution in [2.45, 2.75) is 6.10 Å². The Hall–Kier alpha value is -2.04. The van der Waals surface area contributed by atoms with E-state index < -0.39 is 12.1 Å². The number of rotatable bonds is 2. The molecule has 0 fully saturated rings. The lowest BCUT2D eigenvalue weighted by molar-refractivity contribution is -0.145. The molecular weight excluding hydrogens is 212 g/mol. The average Bonchev–Trinajstić information content (AvgIpc) is 2.65. The van der Waals surface area contributed by atoms with E-state index in [4.69, 9.17) is 9.47 Å². The second-order valence-electron chi connectivity index (χ2n) is 3.25. The van der Waals surface area contributed by atoms with Gasteiger partial charge in [-0.05, 0) is 12.1 Å². The quantitative estimate of drug-likeness (QED) is 0.547. The van der Waals surface area contributed by atoms with Gasteiger partial charge in [0.15, 0.2) is 0 Å². The largest absolute Gasteiger partial charge is 0.497 e. The average molecular weight is 222 g/mol. The second kappa shape index (κ2) is 3.84. The molecule has 0 bridgehead atoms. The first kappa shape index (κ1) is 10.5. The number of carbonyl (C=O) groups is 2. The van der Waals surface area contributed by atoms with Gasteiger partial charge in [0.2, 0.25) is 5.78 Å². The highest BCUT2D eigenvalue weighted by Gasteiger charge is 2.38. The molecule has 0 N–H and O–H groups in total. The van der Waals surface area contributed by atoms with Gasteiger partial charge in [0.25, 0.3) is 6.10 Å². The molecule has 0 saturated heterocycles. The van der Waals surface area contributed by atoms with E-state index in [1.165, 1.54) is 14.2 Å². The van der Waals surface area contributed by atoms with Gasteiger partial charge in [-0.15, -0.1) is 0 Å². The number of hydrogen-bond donors (Lipinski definition) is 0. The molecule has 5 nitrogen and oxygen atoms in total. The molecule has 16 heavy (non-hydrogen) atoms. The Balaban J connectivity index is 2.34. The fourth-order valence-electron chi connectivity index (χ4n) is 1.51. The van der Waals surface area contributed by atoms with E-state index in [2.05, 4.69) is 4.74 Å². The van der Waals surface area contributed by atoms with Gasteiger partial charge >= 0.3 is 5.97 Å². The summed E-state index contributed by atoms with van der Waals surface area (Å²) in [4.78, 5) is 23.0. The zero-order valence-electron chi connectivity index (χ0n) is 8.85. The van der Waals surface area contributed by atoms with Crippen molar-refractivity contribution in [3.05, 3.63) is 23.8 Å². The monoisotopic (exact) mass is 222 g/mol. The molecule has 1 aliphatic rings. The SMILES string of the molecule is COC(=O)C1Oc2cc(OC)ccc2C1=O. The molecule has 0 radical (unpaired) electrons. The highest BCUT2D eigenvalue weighted by Crippen LogP contribution is 2.32. The Morgan fingerprint density at radius 2 is 2.12 bits per heavy atom. The summed E-state index contributed by atoms with van der Waals surface area (Å²) >= 11 is 0. The summed E-state index contributed by atoms with van der Waals surface area (Å²) in [6.45, 7) is 0. The van der Waals surface area contributed by atoms with Crippen LogP contribution in [0.5, 0.6) is 11.5 Å². The Kier molecular flexibility index (Phi) is 2.52. The van der Waals surface area contributed by atoms with Crippen LogP contribution in [0, 0.1) is 0 Å². The van der Waals surface area contributed by atoms with E-state index >= 15 is 0 Å². The van der Waals surface area contributed by atoms with Gasteiger partial charge < -0.3 is 14.2 Å². The number of hydrogen-bond acceptors (Lipinski definition) is 5. The number of ether oxygens (including phenoxy) is 3. The molecule has 1 aromatic rings. The molecule has 0 aliphatic carbocycles. The molecule has 1 aromatic carbocycles. The maximum atomic E-state index is 11.7. The number of benzene rings is 1. The summed E-state index contributed by atoms with van der Waals surface area (Å²) < 4.78 is 14.7. The van der Waals surface area contributed by atoms with Crippen molar-refractivity contribution in [2.24, 2.45) is 0 Å². The van der Waals surface area contributed by atoms with Crippen molar-refractivity contribution >= 4 is 11.8 Å². The minimum atomic E-state index is -1.19. The van der Waals surface area contributed by atoms with Crippen LogP contribution in [-0.2, 0) is 9.53 Å². The maximum Gasteiger partial charge on any atom is 0.355 e. The number of esters is 1. The number of methoxy groups -OCH3 is 2. The molecule has 1 unspecified atom stereocenters. The zero-order chi connectivity index (χ0) is 11.7. The van der Waals surface area contributed by atoms with Crippen LogP contribution >= 0.6 is 0 Å². The third kappa shape index (κ3) is 1.50. The van der Waals surface area contributed by atoms with Crippen LogP contribution < -0.4 is 9.47 Å². The van der Waals surface area contributed by atoms with E-state index in [-0.39, 0.29) is 5.78 Å². The van der Waals surface area contributed by atoms with Crippen LogP contribution in [0.1, 0.15) is 10.4 Å². The van der Waals surface area contributed by atoms with Crippen molar-refractivity contribution in [3.8, 4) is 11.5 Å². The highest BCUT2D eigenvalue weighted by molar-refractivity contribution is 6.15. The Morgan fingerprint density at radius 1 is 1.38 bits per heavy atom. The van der Waals surface area contributed by atoms with E-state index in [1.54, 1.807) is 18.2 Å². The normalized spacial score (nSPS) is 17.6. The fourth-order valence-corrected chi connectivity index (χ4v) is 1.51. The van der Waals surface area contributed by atoms with Crippen LogP contribution in [0.25, 0.3) is 0 Å². The molecule has 1 atom stereocenters. The number of carbonyl (C=O) groups excluding carboxylic acids is 2. The minimum Gasteiger partial charge on any atom is -0.497 e. The molecule has 1 aliphatic heterocycles. The molecule has 0 amide bonds. The molecule has 0 saturated carbocycles. The lowest BCUT2D eigenvalue weighted by Crippen LogP contribution is -2.31. The summed E-state index contributed by atoms with van der Waals surface area (Å²) in [6, 6.07) is 4.77. The van der Waals surface area contributed by atoms with Crippen LogP contribution in [0.2, 0.25) is 0 Å². The number of ketones is 1. The first-order valence-corrected chi connectivity index (χ1v) is 4.64. The third-order valence-corrected chi connectivity index (χ3v) is 2.35. The van der Waals surface area contributed by atoms with Crippen molar-refractivity contribution in [1.29, 1.82) is 0 Å². The first-order chi connectivity index (χ1) is 7.67. The Morgan fingerprint density at radius 3 is 2.75 bits per heavy atom. The fraction of sp³-hybridized carbons (Fsp3) is 0.273. The summed E-state index contributed by atoms with van der Waals surface area (Å²) in [7, 11) is 2.72. The van der Waals surface area contributed by atoms with Crippen molar-refractivity contribution in [2.75, 3.05) is 14.2 Å². The Labute approximate surface area is 91.9 Å². The molecule has 84 valence electrons. The predicted octanol–water partition coefficient (Wildman–Crippen LogP) is 0.812. The van der Waals surface area contributed by atoms with Gasteiger partial charge in [0, 0.05) is 6.07 Å². The summed E-state index contributed by atoms with van der Waals surface area (Å²) in [5, 5.41) is 0. The highest BCUT2D eigenvalue weighted by atomic mass is 16.6. The van der Waals surface area contributed by atoms with Crippen LogP contribution in [0.15, 0.2) is 18.2 Å². The molecule has 1 heterocycles. The standard InChI is InChI=1S/C11H10O5/c1-14-6-3-4-7-8(5-6)16-10(9(7)12)11(13)15-2/h3-5,10H,1-2H3. The van der Waals surface area contributed by atoms with Gasteiger partial charge in [0.1, 0.15) is 11.5 Å². The third-order valence-electron chi connectivity index (χ3n) is 2.35. The van der Waals surface area contributed by atoms with Gasteiger partial charge in [-0.2, -0.15) is 0 Å². The van der Waals surface area contributed by atoms with Crippen molar-refractivity contribution in [1.82, 2.24) is 0 Å². The van der Waals surface area contributed by atoms with Crippen LogP contribution in [0.4, 0.5) is 0 Å². The van der Waals surface area contributed by atoms with Gasteiger partial charge in [-0.1, -0.05) is 0 Å². The molecular formula is C11H10O5. The van der Waals surface area contributed by atoms with E-state index in [0.717, 1.165) is 0 Å². The smallest absolute Gasteiger partial charge is 0.355 e. The maximum absolute atomic E-state index is 11.7. The predicted molar refractivity (Wildman–Crippen MR) is 53.8 cm³/mol. The second-order valence-corrected chi connectivity index (χ2v) is 3.25. The van der Waals surface area contributed by atoms with Crippen LogP contribution in [0.3, 0.4) is 0 Å². The van der Waals surface area contributed by atoms with Crippen molar-refractivity contribution < 1.29 is 23.8 Å². The summed E-state index contributed by atoms with van der Waals surface area (Å²) in [6.07, 6.45) is -1.19. The zero-order valence-corrected chi connectivity index (χ0v) is 8.85.